The predicted octanol–water partition coefficient (Wildman–Crippen LogP) is 2.69. The van der Waals surface area contributed by atoms with E-state index < -0.39 is 5.97 Å². The molecule has 1 aromatic heterocycles. The highest BCUT2D eigenvalue weighted by atomic mass is 16.5. The minimum atomic E-state index is -0.517. The third-order valence-electron chi connectivity index (χ3n) is 2.83. The molecule has 0 saturated heterocycles. The lowest BCUT2D eigenvalue weighted by atomic mass is 10.1. The predicted molar refractivity (Wildman–Crippen MR) is 83.6 cm³/mol. The number of esters is 1. The summed E-state index contributed by atoms with van der Waals surface area (Å²) in [5.41, 5.74) is 7.18. The molecular formula is C16H19N3O3. The Bertz CT molecular complexity index is 659. The van der Waals surface area contributed by atoms with E-state index in [-0.39, 0.29) is 18.2 Å². The van der Waals surface area contributed by atoms with Gasteiger partial charge in [-0.2, -0.15) is 0 Å². The normalized spacial score (nSPS) is 10.3. The summed E-state index contributed by atoms with van der Waals surface area (Å²) in [7, 11) is 0. The second kappa shape index (κ2) is 7.40. The van der Waals surface area contributed by atoms with Gasteiger partial charge in [0.05, 0.1) is 18.9 Å². The van der Waals surface area contributed by atoms with Gasteiger partial charge in [0.25, 0.3) is 0 Å². The first-order chi connectivity index (χ1) is 10.6. The summed E-state index contributed by atoms with van der Waals surface area (Å²) in [4.78, 5) is 19.9. The van der Waals surface area contributed by atoms with Crippen molar-refractivity contribution in [3.8, 4) is 17.0 Å². The molecule has 0 atom stereocenters. The van der Waals surface area contributed by atoms with Crippen molar-refractivity contribution in [3.05, 3.63) is 36.0 Å². The van der Waals surface area contributed by atoms with Crippen molar-refractivity contribution in [1.82, 2.24) is 9.97 Å². The maximum Gasteiger partial charge on any atom is 0.357 e. The van der Waals surface area contributed by atoms with Crippen molar-refractivity contribution in [2.75, 3.05) is 18.9 Å². The topological polar surface area (TPSA) is 87.3 Å². The van der Waals surface area contributed by atoms with E-state index in [9.17, 15) is 4.79 Å². The molecule has 1 aromatic carbocycles. The fourth-order valence-electron chi connectivity index (χ4n) is 1.89. The number of nitrogens with two attached hydrogens (primary N) is 1. The SMILES string of the molecule is CCCOc1cccc(-c2cc(C(=O)OCC)nc(N)n2)c1. The van der Waals surface area contributed by atoms with Crippen LogP contribution in [0.2, 0.25) is 0 Å². The van der Waals surface area contributed by atoms with Crippen LogP contribution in [-0.2, 0) is 4.74 Å². The quantitative estimate of drug-likeness (QED) is 0.825. The zero-order valence-corrected chi connectivity index (χ0v) is 12.7. The number of benzene rings is 1. The Morgan fingerprint density at radius 2 is 2.05 bits per heavy atom. The number of anilines is 1. The van der Waals surface area contributed by atoms with Gasteiger partial charge in [-0.05, 0) is 31.5 Å². The average molecular weight is 301 g/mol. The number of nitrogen functional groups attached to an aromatic ring is 1. The van der Waals surface area contributed by atoms with Crippen molar-refractivity contribution in [2.24, 2.45) is 0 Å². The van der Waals surface area contributed by atoms with Crippen molar-refractivity contribution in [1.29, 1.82) is 0 Å². The molecule has 6 heteroatoms. The highest BCUT2D eigenvalue weighted by Gasteiger charge is 2.13. The summed E-state index contributed by atoms with van der Waals surface area (Å²) in [5.74, 6) is 0.255. The van der Waals surface area contributed by atoms with E-state index in [1.807, 2.05) is 31.2 Å². The first-order valence-electron chi connectivity index (χ1n) is 7.19. The summed E-state index contributed by atoms with van der Waals surface area (Å²) in [6, 6.07) is 9.02. The number of aromatic nitrogens is 2. The van der Waals surface area contributed by atoms with Gasteiger partial charge in [0.15, 0.2) is 5.69 Å². The van der Waals surface area contributed by atoms with Gasteiger partial charge >= 0.3 is 5.97 Å². The zero-order chi connectivity index (χ0) is 15.9. The van der Waals surface area contributed by atoms with Gasteiger partial charge < -0.3 is 15.2 Å². The first kappa shape index (κ1) is 15.8. The summed E-state index contributed by atoms with van der Waals surface area (Å²) >= 11 is 0. The Morgan fingerprint density at radius 1 is 1.23 bits per heavy atom. The van der Waals surface area contributed by atoms with Crippen LogP contribution in [0.15, 0.2) is 30.3 Å². The van der Waals surface area contributed by atoms with Crippen LogP contribution < -0.4 is 10.5 Å². The molecule has 2 rings (SSSR count). The fourth-order valence-corrected chi connectivity index (χ4v) is 1.89. The highest BCUT2D eigenvalue weighted by molar-refractivity contribution is 5.88. The highest BCUT2D eigenvalue weighted by Crippen LogP contribution is 2.23. The molecule has 116 valence electrons. The van der Waals surface area contributed by atoms with Crippen LogP contribution in [0.5, 0.6) is 5.75 Å². The van der Waals surface area contributed by atoms with Crippen molar-refractivity contribution < 1.29 is 14.3 Å². The van der Waals surface area contributed by atoms with Gasteiger partial charge in [-0.1, -0.05) is 19.1 Å². The molecule has 0 aliphatic carbocycles. The Kier molecular flexibility index (Phi) is 5.30. The van der Waals surface area contributed by atoms with Gasteiger partial charge in [-0.3, -0.25) is 0 Å². The van der Waals surface area contributed by atoms with Gasteiger partial charge in [-0.15, -0.1) is 0 Å². The lowest BCUT2D eigenvalue weighted by Gasteiger charge is -2.08. The van der Waals surface area contributed by atoms with E-state index in [0.29, 0.717) is 12.3 Å². The number of carbonyl (C=O) groups excluding carboxylic acids is 1. The maximum atomic E-state index is 11.8. The van der Waals surface area contributed by atoms with E-state index in [1.54, 1.807) is 13.0 Å². The Labute approximate surface area is 129 Å². The first-order valence-corrected chi connectivity index (χ1v) is 7.19. The lowest BCUT2D eigenvalue weighted by Crippen LogP contribution is -2.10. The molecule has 0 unspecified atom stereocenters. The van der Waals surface area contributed by atoms with Crippen molar-refractivity contribution in [2.45, 2.75) is 20.3 Å². The molecule has 6 nitrogen and oxygen atoms in total. The fraction of sp³-hybridized carbons (Fsp3) is 0.312. The molecule has 0 aliphatic rings. The molecule has 22 heavy (non-hydrogen) atoms. The monoisotopic (exact) mass is 301 g/mol. The summed E-state index contributed by atoms with van der Waals surface area (Å²) in [6.07, 6.45) is 0.928. The van der Waals surface area contributed by atoms with Gasteiger partial charge in [-0.25, -0.2) is 14.8 Å². The molecule has 0 saturated carbocycles. The molecule has 1 heterocycles. The van der Waals surface area contributed by atoms with E-state index in [2.05, 4.69) is 9.97 Å². The number of nitrogens with zero attached hydrogens (tertiary/aromatic N) is 2. The molecule has 0 bridgehead atoms. The van der Waals surface area contributed by atoms with E-state index in [0.717, 1.165) is 17.7 Å². The molecule has 0 radical (unpaired) electrons. The Hall–Kier alpha value is -2.63. The second-order valence-electron chi connectivity index (χ2n) is 4.59. The lowest BCUT2D eigenvalue weighted by molar-refractivity contribution is 0.0519. The smallest absolute Gasteiger partial charge is 0.357 e. The summed E-state index contributed by atoms with van der Waals surface area (Å²) in [5, 5.41) is 0. The van der Waals surface area contributed by atoms with Crippen molar-refractivity contribution in [3.63, 3.8) is 0 Å². The number of hydrogen-bond donors (Lipinski definition) is 1. The van der Waals surface area contributed by atoms with Crippen LogP contribution in [-0.4, -0.2) is 29.2 Å². The molecule has 2 aromatic rings. The van der Waals surface area contributed by atoms with Gasteiger partial charge in [0.1, 0.15) is 5.75 Å². The molecule has 2 N–H and O–H groups in total. The number of hydrogen-bond acceptors (Lipinski definition) is 6. The molecule has 0 fully saturated rings. The van der Waals surface area contributed by atoms with Crippen LogP contribution >= 0.6 is 0 Å². The van der Waals surface area contributed by atoms with Gasteiger partial charge in [0, 0.05) is 5.56 Å². The van der Waals surface area contributed by atoms with Crippen LogP contribution in [0.25, 0.3) is 11.3 Å². The number of ether oxygens (including phenoxy) is 2. The molecular weight excluding hydrogens is 282 g/mol. The second-order valence-corrected chi connectivity index (χ2v) is 4.59. The van der Waals surface area contributed by atoms with Crippen LogP contribution in [0.4, 0.5) is 5.95 Å². The van der Waals surface area contributed by atoms with E-state index in [1.165, 1.54) is 0 Å². The Morgan fingerprint density at radius 3 is 2.77 bits per heavy atom. The minimum absolute atomic E-state index is 0.0282. The van der Waals surface area contributed by atoms with Crippen LogP contribution in [0, 0.1) is 0 Å². The summed E-state index contributed by atoms with van der Waals surface area (Å²) < 4.78 is 10.5. The maximum absolute atomic E-state index is 11.8. The zero-order valence-electron chi connectivity index (χ0n) is 12.7. The van der Waals surface area contributed by atoms with Gasteiger partial charge in [0.2, 0.25) is 5.95 Å². The molecule has 0 aliphatic heterocycles. The average Bonchev–Trinajstić information content (AvgIpc) is 2.53. The van der Waals surface area contributed by atoms with Crippen molar-refractivity contribution >= 4 is 11.9 Å². The third-order valence-corrected chi connectivity index (χ3v) is 2.83. The summed E-state index contributed by atoms with van der Waals surface area (Å²) in [6.45, 7) is 4.69. The van der Waals surface area contributed by atoms with E-state index in [4.69, 9.17) is 15.2 Å². The minimum Gasteiger partial charge on any atom is -0.494 e. The largest absolute Gasteiger partial charge is 0.494 e. The third kappa shape index (κ3) is 3.94. The van der Waals surface area contributed by atoms with Crippen LogP contribution in [0.1, 0.15) is 30.8 Å². The standard InChI is InChI=1S/C16H19N3O3/c1-3-8-22-12-7-5-6-11(9-12)13-10-14(15(20)21-4-2)19-16(17)18-13/h5-7,9-10H,3-4,8H2,1-2H3,(H2,17,18,19). The number of rotatable bonds is 6. The molecule has 0 spiro atoms. The van der Waals surface area contributed by atoms with Crippen LogP contribution in [0.3, 0.4) is 0 Å². The molecule has 0 amide bonds. The van der Waals surface area contributed by atoms with E-state index >= 15 is 0 Å². The number of carbonyl (C=O) groups is 1. The Balaban J connectivity index is 2.33.